The molecule has 118 valence electrons. The minimum absolute atomic E-state index is 0.123. The average molecular weight is 309 g/mol. The first-order chi connectivity index (χ1) is 9.81. The van der Waals surface area contributed by atoms with E-state index in [4.69, 9.17) is 11.6 Å². The highest BCUT2D eigenvalue weighted by molar-refractivity contribution is 6.30. The van der Waals surface area contributed by atoms with Gasteiger partial charge >= 0.3 is 0 Å². The second-order valence-corrected chi connectivity index (χ2v) is 7.71. The van der Waals surface area contributed by atoms with E-state index in [1.54, 1.807) is 0 Å². The van der Waals surface area contributed by atoms with E-state index in [-0.39, 0.29) is 5.54 Å². The Morgan fingerprint density at radius 3 is 2.62 bits per heavy atom. The summed E-state index contributed by atoms with van der Waals surface area (Å²) in [5.41, 5.74) is 2.79. The topological polar surface area (TPSA) is 15.3 Å². The summed E-state index contributed by atoms with van der Waals surface area (Å²) in [6, 6.07) is 7.57. The minimum Gasteiger partial charge on any atom is -0.366 e. The van der Waals surface area contributed by atoms with Crippen LogP contribution in [-0.2, 0) is 6.54 Å². The maximum absolute atomic E-state index is 6.28. The van der Waals surface area contributed by atoms with Crippen molar-refractivity contribution in [3.8, 4) is 0 Å². The number of halogens is 1. The van der Waals surface area contributed by atoms with Gasteiger partial charge < -0.3 is 10.2 Å². The molecular weight excluding hydrogens is 280 g/mol. The quantitative estimate of drug-likeness (QED) is 0.842. The fourth-order valence-electron chi connectivity index (χ4n) is 3.19. The molecule has 1 aromatic carbocycles. The lowest BCUT2D eigenvalue weighted by Crippen LogP contribution is -2.38. The summed E-state index contributed by atoms with van der Waals surface area (Å²) in [6.45, 7) is 12.1. The molecule has 1 aliphatic rings. The lowest BCUT2D eigenvalue weighted by Gasteiger charge is -2.33. The average Bonchev–Trinajstić information content (AvgIpc) is 2.77. The van der Waals surface area contributed by atoms with E-state index >= 15 is 0 Å². The Hall–Kier alpha value is -0.730. The van der Waals surface area contributed by atoms with Crippen LogP contribution in [-0.4, -0.2) is 17.6 Å². The lowest BCUT2D eigenvalue weighted by molar-refractivity contribution is 0.424. The third-order valence-electron chi connectivity index (χ3n) is 4.39. The number of benzene rings is 1. The molecule has 3 heteroatoms. The summed E-state index contributed by atoms with van der Waals surface area (Å²) in [7, 11) is 0. The molecule has 21 heavy (non-hydrogen) atoms. The van der Waals surface area contributed by atoms with E-state index in [0.717, 1.165) is 11.6 Å². The maximum Gasteiger partial charge on any atom is 0.0431 e. The van der Waals surface area contributed by atoms with Gasteiger partial charge in [-0.05, 0) is 64.7 Å². The van der Waals surface area contributed by atoms with Gasteiger partial charge in [-0.1, -0.05) is 24.6 Å². The highest BCUT2D eigenvalue weighted by Gasteiger charge is 2.30. The van der Waals surface area contributed by atoms with E-state index < -0.39 is 0 Å². The van der Waals surface area contributed by atoms with Crippen molar-refractivity contribution in [2.24, 2.45) is 0 Å². The molecule has 2 rings (SSSR count). The first kappa shape index (κ1) is 16.6. The smallest absolute Gasteiger partial charge is 0.0431 e. The standard InChI is InChI=1S/C18H29ClN2/c1-6-16-10-7-13(2)21(16)17-11-15(19)9-8-14(17)12-20-18(3,4)5/h8-9,11,13,16,20H,6-7,10,12H2,1-5H3. The van der Waals surface area contributed by atoms with Crippen molar-refractivity contribution >= 4 is 17.3 Å². The molecule has 0 radical (unpaired) electrons. The predicted octanol–water partition coefficient (Wildman–Crippen LogP) is 5.00. The van der Waals surface area contributed by atoms with E-state index in [9.17, 15) is 0 Å². The van der Waals surface area contributed by atoms with Crippen LogP contribution in [0, 0.1) is 0 Å². The number of anilines is 1. The van der Waals surface area contributed by atoms with Gasteiger partial charge in [-0.2, -0.15) is 0 Å². The molecule has 0 aliphatic carbocycles. The molecule has 1 heterocycles. The minimum atomic E-state index is 0.123. The van der Waals surface area contributed by atoms with Gasteiger partial charge in [-0.25, -0.2) is 0 Å². The predicted molar refractivity (Wildman–Crippen MR) is 93.3 cm³/mol. The van der Waals surface area contributed by atoms with Gasteiger partial charge in [0.2, 0.25) is 0 Å². The Labute approximate surface area is 134 Å². The fraction of sp³-hybridized carbons (Fsp3) is 0.667. The van der Waals surface area contributed by atoms with Crippen LogP contribution in [0.15, 0.2) is 18.2 Å². The highest BCUT2D eigenvalue weighted by atomic mass is 35.5. The first-order valence-electron chi connectivity index (χ1n) is 8.13. The second-order valence-electron chi connectivity index (χ2n) is 7.27. The van der Waals surface area contributed by atoms with Crippen molar-refractivity contribution in [3.05, 3.63) is 28.8 Å². The summed E-state index contributed by atoms with van der Waals surface area (Å²) >= 11 is 6.28. The number of rotatable bonds is 4. The Morgan fingerprint density at radius 2 is 2.00 bits per heavy atom. The Balaban J connectivity index is 2.30. The maximum atomic E-state index is 6.28. The molecule has 1 N–H and O–H groups in total. The first-order valence-corrected chi connectivity index (χ1v) is 8.51. The van der Waals surface area contributed by atoms with Crippen LogP contribution >= 0.6 is 11.6 Å². The highest BCUT2D eigenvalue weighted by Crippen LogP contribution is 2.35. The van der Waals surface area contributed by atoms with Gasteiger partial charge in [-0.15, -0.1) is 0 Å². The van der Waals surface area contributed by atoms with Crippen molar-refractivity contribution < 1.29 is 0 Å². The summed E-state index contributed by atoms with van der Waals surface area (Å²) in [5.74, 6) is 0. The van der Waals surface area contributed by atoms with Crippen LogP contribution in [0.1, 0.15) is 59.4 Å². The Morgan fingerprint density at radius 1 is 1.29 bits per heavy atom. The van der Waals surface area contributed by atoms with Gasteiger partial charge in [0.1, 0.15) is 0 Å². The summed E-state index contributed by atoms with van der Waals surface area (Å²) in [6.07, 6.45) is 3.76. The van der Waals surface area contributed by atoms with Gasteiger partial charge in [0, 0.05) is 34.9 Å². The van der Waals surface area contributed by atoms with Gasteiger partial charge in [0.15, 0.2) is 0 Å². The molecule has 0 saturated carbocycles. The molecule has 0 amide bonds. The SMILES string of the molecule is CCC1CCC(C)N1c1cc(Cl)ccc1CNC(C)(C)C. The van der Waals surface area contributed by atoms with E-state index in [0.29, 0.717) is 12.1 Å². The summed E-state index contributed by atoms with van der Waals surface area (Å²) < 4.78 is 0. The van der Waals surface area contributed by atoms with Crippen LogP contribution in [0.5, 0.6) is 0 Å². The van der Waals surface area contributed by atoms with Crippen LogP contribution in [0.3, 0.4) is 0 Å². The van der Waals surface area contributed by atoms with Crippen molar-refractivity contribution in [1.29, 1.82) is 0 Å². The van der Waals surface area contributed by atoms with Crippen LogP contribution in [0.25, 0.3) is 0 Å². The molecule has 0 spiro atoms. The largest absolute Gasteiger partial charge is 0.366 e. The van der Waals surface area contributed by atoms with Crippen LogP contribution in [0.4, 0.5) is 5.69 Å². The number of nitrogens with one attached hydrogen (secondary N) is 1. The van der Waals surface area contributed by atoms with E-state index in [1.165, 1.54) is 30.5 Å². The van der Waals surface area contributed by atoms with Gasteiger partial charge in [0.25, 0.3) is 0 Å². The normalized spacial score (nSPS) is 22.9. The van der Waals surface area contributed by atoms with Crippen LogP contribution in [0.2, 0.25) is 5.02 Å². The molecule has 2 atom stereocenters. The van der Waals surface area contributed by atoms with E-state index in [2.05, 4.69) is 57.0 Å². The summed E-state index contributed by atoms with van der Waals surface area (Å²) in [4.78, 5) is 2.59. The number of hydrogen-bond donors (Lipinski definition) is 1. The monoisotopic (exact) mass is 308 g/mol. The zero-order valence-corrected chi connectivity index (χ0v) is 14.8. The molecule has 2 unspecified atom stereocenters. The molecule has 0 aromatic heterocycles. The molecule has 1 fully saturated rings. The van der Waals surface area contributed by atoms with Crippen molar-refractivity contribution in [3.63, 3.8) is 0 Å². The zero-order valence-electron chi connectivity index (χ0n) is 14.0. The zero-order chi connectivity index (χ0) is 15.6. The second kappa shape index (κ2) is 6.58. The van der Waals surface area contributed by atoms with Crippen molar-refractivity contribution in [1.82, 2.24) is 5.32 Å². The van der Waals surface area contributed by atoms with Crippen molar-refractivity contribution in [2.75, 3.05) is 4.90 Å². The van der Waals surface area contributed by atoms with Crippen LogP contribution < -0.4 is 10.2 Å². The third-order valence-corrected chi connectivity index (χ3v) is 4.63. The van der Waals surface area contributed by atoms with Gasteiger partial charge in [-0.3, -0.25) is 0 Å². The fourth-order valence-corrected chi connectivity index (χ4v) is 3.36. The lowest BCUT2D eigenvalue weighted by atomic mass is 10.1. The number of hydrogen-bond acceptors (Lipinski definition) is 2. The molecule has 1 saturated heterocycles. The molecular formula is C18H29ClN2. The Kier molecular flexibility index (Phi) is 5.21. The molecule has 0 bridgehead atoms. The summed E-state index contributed by atoms with van der Waals surface area (Å²) in [5, 5.41) is 4.43. The van der Waals surface area contributed by atoms with Gasteiger partial charge in [0.05, 0.1) is 0 Å². The Bertz CT molecular complexity index is 479. The van der Waals surface area contributed by atoms with E-state index in [1.807, 2.05) is 6.07 Å². The molecule has 1 aromatic rings. The number of nitrogens with zero attached hydrogens (tertiary/aromatic N) is 1. The van der Waals surface area contributed by atoms with Crippen molar-refractivity contribution in [2.45, 2.75) is 78.0 Å². The third kappa shape index (κ3) is 4.14. The molecule has 1 aliphatic heterocycles. The molecule has 2 nitrogen and oxygen atoms in total.